The predicted molar refractivity (Wildman–Crippen MR) is 101 cm³/mol. The smallest absolute Gasteiger partial charge is 0.259 e. The summed E-state index contributed by atoms with van der Waals surface area (Å²) in [4.78, 5) is 16.6. The van der Waals surface area contributed by atoms with Crippen molar-refractivity contribution >= 4 is 17.6 Å². The summed E-state index contributed by atoms with van der Waals surface area (Å²) in [6.07, 6.45) is 0.676. The number of furan rings is 1. The Hall–Kier alpha value is -1.58. The summed E-state index contributed by atoms with van der Waals surface area (Å²) >= 11 is 1.67. The summed E-state index contributed by atoms with van der Waals surface area (Å²) in [7, 11) is 3.98. The molecule has 0 aliphatic rings. The quantitative estimate of drug-likeness (QED) is 0.189. The minimum absolute atomic E-state index is 0.0737. The fourth-order valence-electron chi connectivity index (χ4n) is 2.09. The SMILES string of the molecule is CCC(CO)NC(C[N+](=O)[O-])=NCCSCc1ccc(CN(C)C)o1. The maximum Gasteiger partial charge on any atom is 0.259 e. The normalized spacial score (nSPS) is 13.2. The van der Waals surface area contributed by atoms with E-state index in [-0.39, 0.29) is 19.2 Å². The average Bonchev–Trinajstić information content (AvgIpc) is 2.97. The molecule has 1 aromatic heterocycles. The Bertz CT molecular complexity index is 544. The highest BCUT2D eigenvalue weighted by Crippen LogP contribution is 2.16. The van der Waals surface area contributed by atoms with Gasteiger partial charge >= 0.3 is 0 Å². The molecule has 0 spiro atoms. The number of rotatable bonds is 12. The van der Waals surface area contributed by atoms with Crippen LogP contribution in [0, 0.1) is 10.1 Å². The van der Waals surface area contributed by atoms with Gasteiger partial charge in [0.2, 0.25) is 0 Å². The van der Waals surface area contributed by atoms with E-state index in [2.05, 4.69) is 10.3 Å². The molecule has 0 bridgehead atoms. The van der Waals surface area contributed by atoms with Crippen LogP contribution in [0.25, 0.3) is 0 Å². The van der Waals surface area contributed by atoms with Crippen LogP contribution in [0.2, 0.25) is 0 Å². The molecule has 0 saturated heterocycles. The lowest BCUT2D eigenvalue weighted by atomic mass is 10.2. The third kappa shape index (κ3) is 9.47. The van der Waals surface area contributed by atoms with Crippen molar-refractivity contribution in [2.24, 2.45) is 4.99 Å². The van der Waals surface area contributed by atoms with Gasteiger partial charge in [-0.2, -0.15) is 11.8 Å². The molecular weight excluding hydrogens is 344 g/mol. The highest BCUT2D eigenvalue weighted by atomic mass is 32.2. The van der Waals surface area contributed by atoms with E-state index < -0.39 is 4.92 Å². The highest BCUT2D eigenvalue weighted by Gasteiger charge is 2.12. The van der Waals surface area contributed by atoms with Gasteiger partial charge in [0.05, 0.1) is 31.5 Å². The Morgan fingerprint density at radius 1 is 1.48 bits per heavy atom. The Morgan fingerprint density at radius 2 is 2.20 bits per heavy atom. The zero-order valence-corrected chi connectivity index (χ0v) is 15.9. The molecule has 1 heterocycles. The molecule has 0 aliphatic carbocycles. The molecule has 25 heavy (non-hydrogen) atoms. The zero-order chi connectivity index (χ0) is 18.7. The molecule has 142 valence electrons. The standard InChI is InChI=1S/C16H28N4O4S/c1-4-13(11-21)18-16(10-20(22)23)17-7-8-25-12-15-6-5-14(24-15)9-19(2)3/h5-6,13,21H,4,7-12H2,1-3H3,(H,17,18). The van der Waals surface area contributed by atoms with E-state index in [0.717, 1.165) is 29.6 Å². The summed E-state index contributed by atoms with van der Waals surface area (Å²) in [5, 5.41) is 22.9. The van der Waals surface area contributed by atoms with Gasteiger partial charge in [-0.15, -0.1) is 0 Å². The van der Waals surface area contributed by atoms with E-state index in [0.29, 0.717) is 18.8 Å². The Balaban J connectivity index is 2.39. The fourth-order valence-corrected chi connectivity index (χ4v) is 2.81. The second-order valence-corrected chi connectivity index (χ2v) is 7.01. The van der Waals surface area contributed by atoms with Crippen molar-refractivity contribution < 1.29 is 14.4 Å². The van der Waals surface area contributed by atoms with Crippen LogP contribution in [0.1, 0.15) is 24.9 Å². The van der Waals surface area contributed by atoms with Crippen LogP contribution in [-0.4, -0.2) is 66.4 Å². The van der Waals surface area contributed by atoms with Crippen LogP contribution in [0.4, 0.5) is 0 Å². The van der Waals surface area contributed by atoms with Crippen molar-refractivity contribution in [3.63, 3.8) is 0 Å². The molecule has 9 heteroatoms. The van der Waals surface area contributed by atoms with E-state index in [1.165, 1.54) is 0 Å². The molecule has 8 nitrogen and oxygen atoms in total. The molecule has 0 aliphatic heterocycles. The van der Waals surface area contributed by atoms with Gasteiger partial charge < -0.3 is 19.7 Å². The lowest BCUT2D eigenvalue weighted by molar-refractivity contribution is -0.463. The first-order chi connectivity index (χ1) is 11.9. The van der Waals surface area contributed by atoms with Crippen LogP contribution >= 0.6 is 11.8 Å². The molecule has 1 aromatic rings. The molecule has 0 amide bonds. The molecule has 1 atom stereocenters. The summed E-state index contributed by atoms with van der Waals surface area (Å²) in [5.41, 5.74) is 0. The van der Waals surface area contributed by atoms with Crippen molar-refractivity contribution in [3.8, 4) is 0 Å². The number of aliphatic hydroxyl groups is 1. The largest absolute Gasteiger partial charge is 0.464 e. The van der Waals surface area contributed by atoms with Crippen molar-refractivity contribution in [1.82, 2.24) is 10.2 Å². The zero-order valence-electron chi connectivity index (χ0n) is 15.1. The average molecular weight is 372 g/mol. The number of nitrogens with zero attached hydrogens (tertiary/aromatic N) is 3. The van der Waals surface area contributed by atoms with E-state index in [9.17, 15) is 15.2 Å². The first-order valence-corrected chi connectivity index (χ1v) is 9.42. The van der Waals surface area contributed by atoms with E-state index in [1.54, 1.807) is 11.8 Å². The third-order valence-corrected chi connectivity index (χ3v) is 4.29. The van der Waals surface area contributed by atoms with Gasteiger partial charge in [-0.1, -0.05) is 6.92 Å². The third-order valence-electron chi connectivity index (χ3n) is 3.33. The lowest BCUT2D eigenvalue weighted by Crippen LogP contribution is -2.40. The minimum Gasteiger partial charge on any atom is -0.464 e. The van der Waals surface area contributed by atoms with Crippen molar-refractivity contribution in [3.05, 3.63) is 33.8 Å². The molecule has 0 saturated carbocycles. The summed E-state index contributed by atoms with van der Waals surface area (Å²) in [6.45, 7) is 2.73. The van der Waals surface area contributed by atoms with Gasteiger partial charge in [-0.3, -0.25) is 15.1 Å². The van der Waals surface area contributed by atoms with Crippen molar-refractivity contribution in [1.29, 1.82) is 0 Å². The monoisotopic (exact) mass is 372 g/mol. The number of hydrogen-bond acceptors (Lipinski definition) is 7. The molecule has 2 N–H and O–H groups in total. The van der Waals surface area contributed by atoms with Gasteiger partial charge in [0.15, 0.2) is 5.84 Å². The molecule has 1 unspecified atom stereocenters. The lowest BCUT2D eigenvalue weighted by Gasteiger charge is -2.15. The second kappa shape index (κ2) is 11.9. The maximum absolute atomic E-state index is 10.7. The fraction of sp³-hybridized carbons (Fsp3) is 0.688. The topological polar surface area (TPSA) is 104 Å². The molecule has 0 aromatic carbocycles. The van der Waals surface area contributed by atoms with Crippen LogP contribution in [0.3, 0.4) is 0 Å². The Morgan fingerprint density at radius 3 is 2.80 bits per heavy atom. The Kier molecular flexibility index (Phi) is 10.2. The van der Waals surface area contributed by atoms with Gasteiger partial charge in [0.1, 0.15) is 11.5 Å². The first kappa shape index (κ1) is 21.5. The molecule has 0 fully saturated rings. The van der Waals surface area contributed by atoms with Gasteiger partial charge in [-0.25, -0.2) is 0 Å². The second-order valence-electron chi connectivity index (χ2n) is 5.91. The predicted octanol–water partition coefficient (Wildman–Crippen LogP) is 1.61. The number of amidine groups is 1. The van der Waals surface area contributed by atoms with E-state index >= 15 is 0 Å². The van der Waals surface area contributed by atoms with Crippen LogP contribution in [0.15, 0.2) is 21.5 Å². The Labute approximate surface area is 152 Å². The summed E-state index contributed by atoms with van der Waals surface area (Å²) in [5.74, 6) is 3.65. The maximum atomic E-state index is 10.7. The van der Waals surface area contributed by atoms with Crippen LogP contribution in [-0.2, 0) is 12.3 Å². The van der Waals surface area contributed by atoms with Gasteiger partial charge in [0, 0.05) is 10.7 Å². The van der Waals surface area contributed by atoms with Crippen molar-refractivity contribution in [2.75, 3.05) is 39.5 Å². The number of nitro groups is 1. The summed E-state index contributed by atoms with van der Waals surface area (Å²) < 4.78 is 5.73. The number of aliphatic hydroxyl groups excluding tert-OH is 1. The number of nitrogens with one attached hydrogen (secondary N) is 1. The number of aliphatic imine (C=N–C) groups is 1. The highest BCUT2D eigenvalue weighted by molar-refractivity contribution is 7.98. The number of hydrogen-bond donors (Lipinski definition) is 2. The first-order valence-electron chi connectivity index (χ1n) is 8.27. The molecular formula is C16H28N4O4S. The molecule has 1 rings (SSSR count). The molecule has 0 radical (unpaired) electrons. The van der Waals surface area contributed by atoms with Gasteiger partial charge in [0.25, 0.3) is 6.54 Å². The van der Waals surface area contributed by atoms with E-state index in [4.69, 9.17) is 4.42 Å². The van der Waals surface area contributed by atoms with E-state index in [1.807, 2.05) is 38.1 Å². The van der Waals surface area contributed by atoms with Crippen molar-refractivity contribution in [2.45, 2.75) is 31.7 Å². The van der Waals surface area contributed by atoms with Crippen LogP contribution < -0.4 is 5.32 Å². The van der Waals surface area contributed by atoms with Crippen LogP contribution in [0.5, 0.6) is 0 Å². The van der Waals surface area contributed by atoms with Gasteiger partial charge in [-0.05, 0) is 32.6 Å². The summed E-state index contributed by atoms with van der Waals surface area (Å²) in [6, 6.07) is 3.75. The minimum atomic E-state index is -0.418. The number of thioether (sulfide) groups is 1.